The van der Waals surface area contributed by atoms with Crippen molar-refractivity contribution in [2.24, 2.45) is 5.92 Å². The molecule has 0 amide bonds. The van der Waals surface area contributed by atoms with E-state index in [9.17, 15) is 5.11 Å². The summed E-state index contributed by atoms with van der Waals surface area (Å²) in [6, 6.07) is 14.0. The largest absolute Gasteiger partial charge is 0.396 e. The van der Waals surface area contributed by atoms with Crippen LogP contribution in [0.5, 0.6) is 0 Å². The Bertz CT molecular complexity index is 774. The van der Waals surface area contributed by atoms with Gasteiger partial charge in [0.25, 0.3) is 0 Å². The number of hydrogen-bond donors (Lipinski definition) is 2. The molecule has 0 saturated carbocycles. The number of nitrogens with one attached hydrogen (secondary N) is 1. The summed E-state index contributed by atoms with van der Waals surface area (Å²) < 4.78 is 0. The molecule has 4 heteroatoms. The zero-order valence-electron chi connectivity index (χ0n) is 13.2. The number of benzene rings is 1. The molecule has 3 rings (SSSR count). The summed E-state index contributed by atoms with van der Waals surface area (Å²) in [6.45, 7) is 2.89. The third kappa shape index (κ3) is 3.66. The number of fused-ring (bicyclic) bond motifs is 1. The summed E-state index contributed by atoms with van der Waals surface area (Å²) in [6.07, 6.45) is 4.37. The number of nitrogens with zero attached hydrogens (tertiary/aromatic N) is 2. The van der Waals surface area contributed by atoms with Gasteiger partial charge in [0.1, 0.15) is 0 Å². The molecule has 23 heavy (non-hydrogen) atoms. The molecular formula is C19H21N3O. The Hall–Kier alpha value is -2.46. The highest BCUT2D eigenvalue weighted by molar-refractivity contribution is 5.92. The van der Waals surface area contributed by atoms with Crippen molar-refractivity contribution in [2.45, 2.75) is 13.3 Å². The Labute approximate surface area is 136 Å². The van der Waals surface area contributed by atoms with Gasteiger partial charge in [0, 0.05) is 48.2 Å². The fourth-order valence-electron chi connectivity index (χ4n) is 2.75. The van der Waals surface area contributed by atoms with E-state index in [1.165, 1.54) is 5.56 Å². The first-order valence-corrected chi connectivity index (χ1v) is 7.87. The predicted octanol–water partition coefficient (Wildman–Crippen LogP) is 3.20. The predicted molar refractivity (Wildman–Crippen MR) is 93.5 cm³/mol. The summed E-state index contributed by atoms with van der Waals surface area (Å²) in [5.74, 6) is 0.123. The molecule has 4 nitrogen and oxygen atoms in total. The Morgan fingerprint density at radius 2 is 1.96 bits per heavy atom. The second-order valence-electron chi connectivity index (χ2n) is 5.78. The molecule has 0 aliphatic heterocycles. The number of pyridine rings is 2. The van der Waals surface area contributed by atoms with E-state index >= 15 is 0 Å². The van der Waals surface area contributed by atoms with Crippen LogP contribution in [0.15, 0.2) is 54.9 Å². The SMILES string of the molecule is Cc1cccc2c(NCC(CO)Cc3ccccn3)ccnc12. The van der Waals surface area contributed by atoms with Gasteiger partial charge in [0.2, 0.25) is 0 Å². The van der Waals surface area contributed by atoms with Crippen LogP contribution in [0.25, 0.3) is 10.9 Å². The summed E-state index contributed by atoms with van der Waals surface area (Å²) in [5.41, 5.74) is 4.24. The lowest BCUT2D eigenvalue weighted by Gasteiger charge is -2.17. The minimum atomic E-state index is 0.123. The van der Waals surface area contributed by atoms with Crippen LogP contribution in [-0.4, -0.2) is 28.2 Å². The molecule has 2 N–H and O–H groups in total. The molecule has 3 aromatic rings. The smallest absolute Gasteiger partial charge is 0.0751 e. The van der Waals surface area contributed by atoms with Gasteiger partial charge in [-0.05, 0) is 37.1 Å². The van der Waals surface area contributed by atoms with Gasteiger partial charge in [-0.25, -0.2) is 0 Å². The fourth-order valence-corrected chi connectivity index (χ4v) is 2.75. The molecule has 0 bridgehead atoms. The van der Waals surface area contributed by atoms with Gasteiger partial charge < -0.3 is 10.4 Å². The van der Waals surface area contributed by atoms with E-state index in [4.69, 9.17) is 0 Å². The van der Waals surface area contributed by atoms with Crippen LogP contribution in [0.4, 0.5) is 5.69 Å². The number of aryl methyl sites for hydroxylation is 1. The van der Waals surface area contributed by atoms with E-state index in [2.05, 4.69) is 34.3 Å². The molecule has 0 aliphatic carbocycles. The van der Waals surface area contributed by atoms with E-state index in [1.54, 1.807) is 6.20 Å². The third-order valence-electron chi connectivity index (χ3n) is 4.04. The number of aliphatic hydroxyl groups is 1. The van der Waals surface area contributed by atoms with Crippen LogP contribution < -0.4 is 5.32 Å². The lowest BCUT2D eigenvalue weighted by molar-refractivity contribution is 0.232. The number of anilines is 1. The third-order valence-corrected chi connectivity index (χ3v) is 4.04. The average molecular weight is 307 g/mol. The van der Waals surface area contributed by atoms with Gasteiger partial charge >= 0.3 is 0 Å². The molecule has 0 aliphatic rings. The van der Waals surface area contributed by atoms with Gasteiger partial charge in [0.05, 0.1) is 5.52 Å². The molecule has 0 fully saturated rings. The lowest BCUT2D eigenvalue weighted by Crippen LogP contribution is -2.21. The van der Waals surface area contributed by atoms with Crippen LogP contribution in [0.1, 0.15) is 11.3 Å². The normalized spacial score (nSPS) is 12.3. The molecule has 118 valence electrons. The highest BCUT2D eigenvalue weighted by atomic mass is 16.3. The molecule has 2 aromatic heterocycles. The minimum absolute atomic E-state index is 0.123. The molecule has 1 unspecified atom stereocenters. The van der Waals surface area contributed by atoms with Gasteiger partial charge in [0.15, 0.2) is 0 Å². The minimum Gasteiger partial charge on any atom is -0.396 e. The molecular weight excluding hydrogens is 286 g/mol. The summed E-state index contributed by atoms with van der Waals surface area (Å²) in [4.78, 5) is 8.79. The van der Waals surface area contributed by atoms with Crippen LogP contribution in [0, 0.1) is 12.8 Å². The van der Waals surface area contributed by atoms with Crippen molar-refractivity contribution in [3.8, 4) is 0 Å². The molecule has 0 spiro atoms. The molecule has 2 heterocycles. The monoisotopic (exact) mass is 307 g/mol. The van der Waals surface area contributed by atoms with E-state index in [-0.39, 0.29) is 12.5 Å². The first kappa shape index (κ1) is 15.4. The van der Waals surface area contributed by atoms with Crippen LogP contribution >= 0.6 is 0 Å². The average Bonchev–Trinajstić information content (AvgIpc) is 2.60. The van der Waals surface area contributed by atoms with Crippen molar-refractivity contribution in [1.82, 2.24) is 9.97 Å². The van der Waals surface area contributed by atoms with Crippen LogP contribution in [0.3, 0.4) is 0 Å². The van der Waals surface area contributed by atoms with Gasteiger partial charge in [-0.3, -0.25) is 9.97 Å². The first-order chi connectivity index (χ1) is 11.3. The van der Waals surface area contributed by atoms with E-state index < -0.39 is 0 Å². The second kappa shape index (κ2) is 7.20. The Kier molecular flexibility index (Phi) is 4.83. The molecule has 0 radical (unpaired) electrons. The molecule has 0 saturated heterocycles. The maximum Gasteiger partial charge on any atom is 0.0751 e. The van der Waals surface area contributed by atoms with E-state index in [1.807, 2.05) is 36.5 Å². The summed E-state index contributed by atoms with van der Waals surface area (Å²) in [5, 5.41) is 14.2. The molecule has 1 atom stereocenters. The zero-order chi connectivity index (χ0) is 16.1. The number of rotatable bonds is 6. The Balaban J connectivity index is 1.73. The summed E-state index contributed by atoms with van der Waals surface area (Å²) in [7, 11) is 0. The van der Waals surface area contributed by atoms with Crippen molar-refractivity contribution >= 4 is 16.6 Å². The molecule has 1 aromatic carbocycles. The van der Waals surface area contributed by atoms with E-state index in [0.717, 1.165) is 28.7 Å². The van der Waals surface area contributed by atoms with Gasteiger partial charge in [-0.2, -0.15) is 0 Å². The lowest BCUT2D eigenvalue weighted by atomic mass is 10.0. The van der Waals surface area contributed by atoms with Crippen molar-refractivity contribution in [2.75, 3.05) is 18.5 Å². The van der Waals surface area contributed by atoms with Gasteiger partial charge in [-0.1, -0.05) is 24.3 Å². The second-order valence-corrected chi connectivity index (χ2v) is 5.78. The topological polar surface area (TPSA) is 58.0 Å². The van der Waals surface area contributed by atoms with Crippen molar-refractivity contribution in [3.05, 3.63) is 66.1 Å². The van der Waals surface area contributed by atoms with Crippen molar-refractivity contribution < 1.29 is 5.11 Å². The van der Waals surface area contributed by atoms with Gasteiger partial charge in [-0.15, -0.1) is 0 Å². The first-order valence-electron chi connectivity index (χ1n) is 7.87. The maximum atomic E-state index is 9.64. The standard InChI is InChI=1S/C19H21N3O/c1-14-5-4-7-17-18(8-10-21-19(14)17)22-12-15(13-23)11-16-6-2-3-9-20-16/h2-10,15,23H,11-13H2,1H3,(H,21,22). The maximum absolute atomic E-state index is 9.64. The highest BCUT2D eigenvalue weighted by Crippen LogP contribution is 2.24. The fraction of sp³-hybridized carbons (Fsp3) is 0.263. The number of aromatic nitrogens is 2. The number of para-hydroxylation sites is 1. The van der Waals surface area contributed by atoms with Crippen molar-refractivity contribution in [3.63, 3.8) is 0 Å². The zero-order valence-corrected chi connectivity index (χ0v) is 13.2. The number of hydrogen-bond acceptors (Lipinski definition) is 4. The number of aliphatic hydroxyl groups excluding tert-OH is 1. The van der Waals surface area contributed by atoms with Crippen LogP contribution in [-0.2, 0) is 6.42 Å². The van der Waals surface area contributed by atoms with Crippen molar-refractivity contribution in [1.29, 1.82) is 0 Å². The Morgan fingerprint density at radius 3 is 2.74 bits per heavy atom. The Morgan fingerprint density at radius 1 is 1.04 bits per heavy atom. The van der Waals surface area contributed by atoms with E-state index in [0.29, 0.717) is 6.54 Å². The quantitative estimate of drug-likeness (QED) is 0.734. The van der Waals surface area contributed by atoms with Crippen LogP contribution in [0.2, 0.25) is 0 Å². The summed E-state index contributed by atoms with van der Waals surface area (Å²) >= 11 is 0. The highest BCUT2D eigenvalue weighted by Gasteiger charge is 2.11.